The molecule has 4 rings (SSSR count). The van der Waals surface area contributed by atoms with Gasteiger partial charge in [-0.25, -0.2) is 9.59 Å². The summed E-state index contributed by atoms with van der Waals surface area (Å²) in [5, 5.41) is 60.5. The highest BCUT2D eigenvalue weighted by atomic mass is 16.8. The summed E-state index contributed by atoms with van der Waals surface area (Å²) in [6.45, 7) is 0.968. The molecular formula is C26H32O13. The Balaban J connectivity index is 1.56. The molecule has 0 radical (unpaired) electrons. The van der Waals surface area contributed by atoms with Crippen molar-refractivity contribution in [2.45, 2.75) is 56.1 Å². The van der Waals surface area contributed by atoms with Crippen molar-refractivity contribution >= 4 is 18.0 Å². The standard InChI is InChI=1S/C26H32O13/c1-11-17-18(23(19(11)30)38-16(29)8-5-12-3-6-13(28)7-4-12)14(24(34)35-2)10-36-25(17)39-26-22(33)21(32)20(31)15(9-27)37-26/h3-8,10-11,15,17-23,25-28,30-33H,9H2,1-2H3/b8-5+/t11-,15+,17+,18+,19+,20+,21-,22+,23-,25-,26-/m0/s1. The number of ether oxygens (including phenoxy) is 5. The minimum absolute atomic E-state index is 0.0140. The van der Waals surface area contributed by atoms with E-state index in [-0.39, 0.29) is 11.3 Å². The molecule has 2 fully saturated rings. The number of rotatable bonds is 7. The fourth-order valence-corrected chi connectivity index (χ4v) is 5.20. The Kier molecular flexibility index (Phi) is 8.91. The number of carbonyl (C=O) groups excluding carboxylic acids is 2. The van der Waals surface area contributed by atoms with E-state index in [2.05, 4.69) is 0 Å². The highest BCUT2D eigenvalue weighted by Gasteiger charge is 2.59. The number of carbonyl (C=O) groups is 2. The Bertz CT molecular complexity index is 1080. The number of aliphatic hydroxyl groups is 5. The quantitative estimate of drug-likeness (QED) is 0.174. The molecule has 11 atom stereocenters. The average molecular weight is 553 g/mol. The summed E-state index contributed by atoms with van der Waals surface area (Å²) in [4.78, 5) is 25.3. The third-order valence-electron chi connectivity index (χ3n) is 7.35. The summed E-state index contributed by atoms with van der Waals surface area (Å²) in [6.07, 6.45) is -7.85. The predicted molar refractivity (Wildman–Crippen MR) is 129 cm³/mol. The number of phenols is 1. The van der Waals surface area contributed by atoms with Crippen LogP contribution in [0, 0.1) is 17.8 Å². The third-order valence-corrected chi connectivity index (χ3v) is 7.35. The van der Waals surface area contributed by atoms with E-state index in [9.17, 15) is 40.2 Å². The van der Waals surface area contributed by atoms with E-state index in [1.165, 1.54) is 18.2 Å². The Hall–Kier alpha value is -3.04. The number of benzene rings is 1. The van der Waals surface area contributed by atoms with Crippen molar-refractivity contribution in [1.29, 1.82) is 0 Å². The van der Waals surface area contributed by atoms with E-state index in [0.29, 0.717) is 5.56 Å². The van der Waals surface area contributed by atoms with Gasteiger partial charge in [0.05, 0.1) is 31.7 Å². The van der Waals surface area contributed by atoms with Crippen LogP contribution in [0.25, 0.3) is 6.08 Å². The van der Waals surface area contributed by atoms with Gasteiger partial charge in [-0.3, -0.25) is 0 Å². The van der Waals surface area contributed by atoms with E-state index < -0.39 is 85.5 Å². The molecule has 1 aliphatic carbocycles. The zero-order valence-electron chi connectivity index (χ0n) is 21.1. The lowest BCUT2D eigenvalue weighted by atomic mass is 9.82. The summed E-state index contributed by atoms with van der Waals surface area (Å²) in [6, 6.07) is 6.06. The molecule has 2 aliphatic heterocycles. The maximum absolute atomic E-state index is 12.7. The van der Waals surface area contributed by atoms with Crippen molar-refractivity contribution in [3.05, 3.63) is 47.7 Å². The molecule has 1 aromatic rings. The Labute approximate surface area is 223 Å². The molecule has 0 bridgehead atoms. The van der Waals surface area contributed by atoms with Crippen LogP contribution in [0.1, 0.15) is 12.5 Å². The first-order chi connectivity index (χ1) is 18.6. The maximum Gasteiger partial charge on any atom is 0.337 e. The molecule has 1 aromatic carbocycles. The van der Waals surface area contributed by atoms with Gasteiger partial charge < -0.3 is 54.3 Å². The highest BCUT2D eigenvalue weighted by molar-refractivity contribution is 5.90. The van der Waals surface area contributed by atoms with Crippen LogP contribution in [0.2, 0.25) is 0 Å². The zero-order valence-corrected chi connectivity index (χ0v) is 21.1. The second-order valence-electron chi connectivity index (χ2n) is 9.68. The molecule has 1 saturated carbocycles. The lowest BCUT2D eigenvalue weighted by Crippen LogP contribution is -2.60. The fourth-order valence-electron chi connectivity index (χ4n) is 5.20. The summed E-state index contributed by atoms with van der Waals surface area (Å²) >= 11 is 0. The topological polar surface area (TPSA) is 202 Å². The second-order valence-corrected chi connectivity index (χ2v) is 9.68. The van der Waals surface area contributed by atoms with Crippen molar-refractivity contribution in [1.82, 2.24) is 0 Å². The van der Waals surface area contributed by atoms with Crippen molar-refractivity contribution in [2.75, 3.05) is 13.7 Å². The van der Waals surface area contributed by atoms with E-state index in [1.54, 1.807) is 19.1 Å². The summed E-state index contributed by atoms with van der Waals surface area (Å²) in [5.41, 5.74) is 0.594. The highest BCUT2D eigenvalue weighted by Crippen LogP contribution is 2.49. The largest absolute Gasteiger partial charge is 0.508 e. The van der Waals surface area contributed by atoms with Crippen LogP contribution in [-0.2, 0) is 33.3 Å². The average Bonchev–Trinajstić information content (AvgIpc) is 3.18. The van der Waals surface area contributed by atoms with E-state index in [1.807, 2.05) is 0 Å². The lowest BCUT2D eigenvalue weighted by Gasteiger charge is -2.43. The molecule has 13 nitrogen and oxygen atoms in total. The van der Waals surface area contributed by atoms with E-state index >= 15 is 0 Å². The number of esters is 2. The summed E-state index contributed by atoms with van der Waals surface area (Å²) in [5.74, 6) is -3.95. The monoisotopic (exact) mass is 552 g/mol. The molecular weight excluding hydrogens is 520 g/mol. The number of hydrogen-bond acceptors (Lipinski definition) is 13. The van der Waals surface area contributed by atoms with Gasteiger partial charge in [-0.15, -0.1) is 0 Å². The molecule has 2 heterocycles. The number of hydrogen-bond donors (Lipinski definition) is 6. The Morgan fingerprint density at radius 1 is 1.00 bits per heavy atom. The van der Waals surface area contributed by atoms with Crippen LogP contribution >= 0.6 is 0 Å². The molecule has 39 heavy (non-hydrogen) atoms. The third kappa shape index (κ3) is 5.79. The molecule has 214 valence electrons. The lowest BCUT2D eigenvalue weighted by molar-refractivity contribution is -0.343. The van der Waals surface area contributed by atoms with E-state index in [0.717, 1.165) is 19.4 Å². The number of fused-ring (bicyclic) bond motifs is 1. The molecule has 6 N–H and O–H groups in total. The van der Waals surface area contributed by atoms with Gasteiger partial charge >= 0.3 is 11.9 Å². The smallest absolute Gasteiger partial charge is 0.337 e. The first-order valence-electron chi connectivity index (χ1n) is 12.3. The minimum Gasteiger partial charge on any atom is -0.508 e. The normalized spacial score (nSPS) is 38.0. The molecule has 1 saturated heterocycles. The Morgan fingerprint density at radius 3 is 2.33 bits per heavy atom. The van der Waals surface area contributed by atoms with Gasteiger partial charge in [-0.05, 0) is 29.7 Å². The minimum atomic E-state index is -1.71. The fraction of sp³-hybridized carbons (Fsp3) is 0.538. The molecule has 3 aliphatic rings. The summed E-state index contributed by atoms with van der Waals surface area (Å²) < 4.78 is 27.3. The van der Waals surface area contributed by atoms with Crippen LogP contribution in [-0.4, -0.2) is 105 Å². The maximum atomic E-state index is 12.7. The van der Waals surface area contributed by atoms with Gasteiger partial charge in [0.15, 0.2) is 6.29 Å². The first kappa shape index (κ1) is 29.0. The van der Waals surface area contributed by atoms with Crippen LogP contribution in [0.5, 0.6) is 5.75 Å². The zero-order chi connectivity index (χ0) is 28.4. The van der Waals surface area contributed by atoms with Gasteiger partial charge in [0.25, 0.3) is 0 Å². The van der Waals surface area contributed by atoms with Crippen LogP contribution in [0.4, 0.5) is 0 Å². The van der Waals surface area contributed by atoms with Crippen LogP contribution in [0.15, 0.2) is 42.2 Å². The van der Waals surface area contributed by atoms with E-state index in [4.69, 9.17) is 23.7 Å². The molecule has 0 amide bonds. The van der Waals surface area contributed by atoms with Gasteiger partial charge in [-0.2, -0.15) is 0 Å². The van der Waals surface area contributed by atoms with Crippen molar-refractivity contribution in [3.8, 4) is 5.75 Å². The Morgan fingerprint density at radius 2 is 1.69 bits per heavy atom. The van der Waals surface area contributed by atoms with Gasteiger partial charge in [0, 0.05) is 17.9 Å². The molecule has 0 spiro atoms. The number of aliphatic hydroxyl groups excluding tert-OH is 5. The molecule has 13 heteroatoms. The molecule has 0 aromatic heterocycles. The van der Waals surface area contributed by atoms with Crippen molar-refractivity contribution in [3.63, 3.8) is 0 Å². The van der Waals surface area contributed by atoms with Crippen LogP contribution in [0.3, 0.4) is 0 Å². The van der Waals surface area contributed by atoms with Gasteiger partial charge in [0.2, 0.25) is 6.29 Å². The second kappa shape index (κ2) is 12.0. The van der Waals surface area contributed by atoms with Crippen LogP contribution < -0.4 is 0 Å². The van der Waals surface area contributed by atoms with Gasteiger partial charge in [-0.1, -0.05) is 19.1 Å². The first-order valence-corrected chi connectivity index (χ1v) is 12.3. The number of methoxy groups -OCH3 is 1. The molecule has 0 unspecified atom stereocenters. The SMILES string of the molecule is COC(=O)C1=CO[C@@H](O[C@@H]2O[C@H](CO)[C@@H](O)[C@H](O)[C@H]2O)[C@@H]2[C@H](C)[C@@H](O)[C@@H](OC(=O)/C=C/c3ccc(O)cc3)[C@H]12. The van der Waals surface area contributed by atoms with Crippen molar-refractivity contribution in [2.24, 2.45) is 17.8 Å². The number of phenolic OH excluding ortho intramolecular Hbond substituents is 1. The predicted octanol–water partition coefficient (Wildman–Crippen LogP) is -1.21. The number of aromatic hydroxyl groups is 1. The summed E-state index contributed by atoms with van der Waals surface area (Å²) in [7, 11) is 1.16. The van der Waals surface area contributed by atoms with Crippen molar-refractivity contribution < 1.29 is 63.9 Å². The van der Waals surface area contributed by atoms with Gasteiger partial charge in [0.1, 0.15) is 36.3 Å².